The molecule has 0 radical (unpaired) electrons. The maximum Gasteiger partial charge on any atom is 0.126 e. The molecular weight excluding hydrogens is 205 g/mol. The number of ether oxygens (including phenoxy) is 1. The van der Waals surface area contributed by atoms with Crippen LogP contribution in [-0.4, -0.2) is 19.2 Å². The maximum atomic E-state index is 12.8. The molecule has 1 aliphatic rings. The standard InChI is InChI=1S/C13H18FNO/c14-11-4-3-7-13(10-11)16-9-8-15-12-5-1-2-6-12/h3-4,7,10,12,15H,1-2,5-6,8-9H2. The van der Waals surface area contributed by atoms with Crippen LogP contribution in [0.1, 0.15) is 25.7 Å². The van der Waals surface area contributed by atoms with Crippen LogP contribution >= 0.6 is 0 Å². The van der Waals surface area contributed by atoms with Gasteiger partial charge in [-0.25, -0.2) is 4.39 Å². The molecule has 1 N–H and O–H groups in total. The van der Waals surface area contributed by atoms with E-state index in [0.29, 0.717) is 18.4 Å². The van der Waals surface area contributed by atoms with Crippen molar-refractivity contribution in [1.82, 2.24) is 5.32 Å². The van der Waals surface area contributed by atoms with E-state index in [1.54, 1.807) is 12.1 Å². The molecule has 88 valence electrons. The van der Waals surface area contributed by atoms with Crippen molar-refractivity contribution in [2.75, 3.05) is 13.2 Å². The van der Waals surface area contributed by atoms with E-state index in [-0.39, 0.29) is 5.82 Å². The first-order chi connectivity index (χ1) is 7.84. The van der Waals surface area contributed by atoms with Gasteiger partial charge in [-0.3, -0.25) is 0 Å². The number of nitrogens with one attached hydrogen (secondary N) is 1. The number of benzene rings is 1. The minimum absolute atomic E-state index is 0.249. The summed E-state index contributed by atoms with van der Waals surface area (Å²) < 4.78 is 18.3. The lowest BCUT2D eigenvalue weighted by molar-refractivity contribution is 0.304. The van der Waals surface area contributed by atoms with Gasteiger partial charge in [0.05, 0.1) is 0 Å². The average Bonchev–Trinajstić information content (AvgIpc) is 2.77. The Balaban J connectivity index is 1.64. The molecule has 0 atom stereocenters. The van der Waals surface area contributed by atoms with Gasteiger partial charge in [-0.1, -0.05) is 18.9 Å². The molecule has 1 fully saturated rings. The molecule has 0 aromatic heterocycles. The smallest absolute Gasteiger partial charge is 0.126 e. The van der Waals surface area contributed by atoms with Crippen LogP contribution in [0, 0.1) is 5.82 Å². The molecule has 0 unspecified atom stereocenters. The Labute approximate surface area is 95.8 Å². The Hall–Kier alpha value is -1.09. The quantitative estimate of drug-likeness (QED) is 0.775. The van der Waals surface area contributed by atoms with Crippen LogP contribution in [0.15, 0.2) is 24.3 Å². The van der Waals surface area contributed by atoms with Crippen LogP contribution < -0.4 is 10.1 Å². The Bertz CT molecular complexity index is 323. The molecule has 0 spiro atoms. The fourth-order valence-electron chi connectivity index (χ4n) is 2.12. The van der Waals surface area contributed by atoms with Gasteiger partial charge in [-0.15, -0.1) is 0 Å². The molecule has 1 saturated carbocycles. The van der Waals surface area contributed by atoms with Crippen LogP contribution in [0.25, 0.3) is 0 Å². The monoisotopic (exact) mass is 223 g/mol. The third-order valence-electron chi connectivity index (χ3n) is 2.96. The lowest BCUT2D eigenvalue weighted by atomic mass is 10.2. The second-order valence-corrected chi connectivity index (χ2v) is 4.24. The van der Waals surface area contributed by atoms with Crippen LogP contribution in [-0.2, 0) is 0 Å². The fraction of sp³-hybridized carbons (Fsp3) is 0.538. The van der Waals surface area contributed by atoms with Crippen LogP contribution in [0.2, 0.25) is 0 Å². The number of hydrogen-bond donors (Lipinski definition) is 1. The molecule has 16 heavy (non-hydrogen) atoms. The summed E-state index contributed by atoms with van der Waals surface area (Å²) in [6.45, 7) is 1.43. The third kappa shape index (κ3) is 3.49. The van der Waals surface area contributed by atoms with Crippen LogP contribution in [0.5, 0.6) is 5.75 Å². The van der Waals surface area contributed by atoms with Gasteiger partial charge in [0.25, 0.3) is 0 Å². The van der Waals surface area contributed by atoms with Crippen molar-refractivity contribution >= 4 is 0 Å². The molecule has 1 aromatic carbocycles. The molecule has 0 heterocycles. The second kappa shape index (κ2) is 5.85. The van der Waals surface area contributed by atoms with Gasteiger partial charge in [0.1, 0.15) is 18.2 Å². The second-order valence-electron chi connectivity index (χ2n) is 4.24. The van der Waals surface area contributed by atoms with Gasteiger partial charge >= 0.3 is 0 Å². The van der Waals surface area contributed by atoms with Gasteiger partial charge in [-0.05, 0) is 25.0 Å². The van der Waals surface area contributed by atoms with Crippen molar-refractivity contribution in [1.29, 1.82) is 0 Å². The highest BCUT2D eigenvalue weighted by atomic mass is 19.1. The predicted molar refractivity (Wildman–Crippen MR) is 62.2 cm³/mol. The van der Waals surface area contributed by atoms with Crippen molar-refractivity contribution in [3.8, 4) is 5.75 Å². The summed E-state index contributed by atoms with van der Waals surface area (Å²) in [6, 6.07) is 6.93. The highest BCUT2D eigenvalue weighted by Gasteiger charge is 2.13. The summed E-state index contributed by atoms with van der Waals surface area (Å²) in [5.41, 5.74) is 0. The van der Waals surface area contributed by atoms with E-state index in [2.05, 4.69) is 5.32 Å². The Morgan fingerprint density at radius 1 is 1.31 bits per heavy atom. The highest BCUT2D eigenvalue weighted by Crippen LogP contribution is 2.17. The van der Waals surface area contributed by atoms with Crippen molar-refractivity contribution in [2.45, 2.75) is 31.7 Å². The Morgan fingerprint density at radius 2 is 2.12 bits per heavy atom. The zero-order valence-electron chi connectivity index (χ0n) is 9.42. The minimum Gasteiger partial charge on any atom is -0.492 e. The molecular formula is C13H18FNO. The van der Waals surface area contributed by atoms with Crippen LogP contribution in [0.3, 0.4) is 0 Å². The SMILES string of the molecule is Fc1cccc(OCCNC2CCCC2)c1. The summed E-state index contributed by atoms with van der Waals surface area (Å²) in [5, 5.41) is 3.45. The Kier molecular flexibility index (Phi) is 4.17. The zero-order chi connectivity index (χ0) is 11.2. The van der Waals surface area contributed by atoms with Gasteiger partial charge in [0, 0.05) is 18.7 Å². The Morgan fingerprint density at radius 3 is 2.88 bits per heavy atom. The van der Waals surface area contributed by atoms with Gasteiger partial charge < -0.3 is 10.1 Å². The topological polar surface area (TPSA) is 21.3 Å². The fourth-order valence-corrected chi connectivity index (χ4v) is 2.12. The summed E-state index contributed by atoms with van der Waals surface area (Å²) in [6.07, 6.45) is 5.23. The molecule has 1 aromatic rings. The van der Waals surface area contributed by atoms with E-state index in [1.165, 1.54) is 37.8 Å². The molecule has 2 rings (SSSR count). The van der Waals surface area contributed by atoms with Crippen molar-refractivity contribution in [2.24, 2.45) is 0 Å². The largest absolute Gasteiger partial charge is 0.492 e. The van der Waals surface area contributed by atoms with Gasteiger partial charge in [0.2, 0.25) is 0 Å². The first-order valence-electron chi connectivity index (χ1n) is 5.96. The third-order valence-corrected chi connectivity index (χ3v) is 2.96. The van der Waals surface area contributed by atoms with Gasteiger partial charge in [0.15, 0.2) is 0 Å². The van der Waals surface area contributed by atoms with E-state index in [0.717, 1.165) is 6.54 Å². The summed E-state index contributed by atoms with van der Waals surface area (Å²) in [4.78, 5) is 0. The molecule has 3 heteroatoms. The summed E-state index contributed by atoms with van der Waals surface area (Å²) in [5.74, 6) is 0.356. The highest BCUT2D eigenvalue weighted by molar-refractivity contribution is 5.22. The lowest BCUT2D eigenvalue weighted by Gasteiger charge is -2.12. The summed E-state index contributed by atoms with van der Waals surface area (Å²) in [7, 11) is 0. The molecule has 0 amide bonds. The lowest BCUT2D eigenvalue weighted by Crippen LogP contribution is -2.30. The molecule has 0 aliphatic heterocycles. The first kappa shape index (κ1) is 11.4. The van der Waals surface area contributed by atoms with Crippen molar-refractivity contribution in [3.05, 3.63) is 30.1 Å². The van der Waals surface area contributed by atoms with E-state index in [9.17, 15) is 4.39 Å². The number of halogens is 1. The van der Waals surface area contributed by atoms with Gasteiger partial charge in [-0.2, -0.15) is 0 Å². The van der Waals surface area contributed by atoms with E-state index >= 15 is 0 Å². The van der Waals surface area contributed by atoms with E-state index in [4.69, 9.17) is 4.74 Å². The first-order valence-corrected chi connectivity index (χ1v) is 5.96. The zero-order valence-corrected chi connectivity index (χ0v) is 9.42. The predicted octanol–water partition coefficient (Wildman–Crippen LogP) is 2.74. The number of rotatable bonds is 5. The number of hydrogen-bond acceptors (Lipinski definition) is 2. The van der Waals surface area contributed by atoms with Crippen LogP contribution in [0.4, 0.5) is 4.39 Å². The van der Waals surface area contributed by atoms with Crippen molar-refractivity contribution < 1.29 is 9.13 Å². The van der Waals surface area contributed by atoms with Crippen molar-refractivity contribution in [3.63, 3.8) is 0 Å². The maximum absolute atomic E-state index is 12.8. The summed E-state index contributed by atoms with van der Waals surface area (Å²) >= 11 is 0. The average molecular weight is 223 g/mol. The van der Waals surface area contributed by atoms with E-state index < -0.39 is 0 Å². The molecule has 0 saturated heterocycles. The van der Waals surface area contributed by atoms with E-state index in [1.807, 2.05) is 0 Å². The molecule has 1 aliphatic carbocycles. The normalized spacial score (nSPS) is 16.6. The minimum atomic E-state index is -0.249. The molecule has 2 nitrogen and oxygen atoms in total. The molecule has 0 bridgehead atoms.